The minimum absolute atomic E-state index is 0.134. The van der Waals surface area contributed by atoms with Crippen LogP contribution >= 0.6 is 0 Å². The summed E-state index contributed by atoms with van der Waals surface area (Å²) >= 11 is 0. The summed E-state index contributed by atoms with van der Waals surface area (Å²) in [6.45, 7) is 0.400. The maximum Gasteiger partial charge on any atom is 0.392 e. The lowest BCUT2D eigenvalue weighted by Gasteiger charge is -2.31. The molecule has 2 N–H and O–H groups in total. The molecule has 0 radical (unpaired) electrons. The molecule has 0 fully saturated rings. The van der Waals surface area contributed by atoms with Crippen LogP contribution in [0.5, 0.6) is 0 Å². The molecule has 2 aromatic rings. The average molecular weight is 341 g/mol. The number of aliphatic hydroxyl groups is 1. The van der Waals surface area contributed by atoms with Crippen LogP contribution in [0.3, 0.4) is 0 Å². The Morgan fingerprint density at radius 3 is 2.83 bits per heavy atom. The molecule has 1 aromatic carbocycles. The molecule has 1 unspecified atom stereocenters. The van der Waals surface area contributed by atoms with E-state index in [1.165, 1.54) is 4.90 Å². The summed E-state index contributed by atoms with van der Waals surface area (Å²) < 4.78 is 37.0. The third-order valence-electron chi connectivity index (χ3n) is 3.84. The van der Waals surface area contributed by atoms with Gasteiger partial charge in [0.15, 0.2) is 0 Å². The summed E-state index contributed by atoms with van der Waals surface area (Å²) in [4.78, 5) is 13.3. The molecule has 0 bridgehead atoms. The first-order chi connectivity index (χ1) is 11.3. The molecule has 1 amide bonds. The lowest BCUT2D eigenvalue weighted by atomic mass is 9.96. The number of alkyl halides is 3. The zero-order chi connectivity index (χ0) is 17.3. The Bertz CT molecular complexity index is 733. The first kappa shape index (κ1) is 16.4. The van der Waals surface area contributed by atoms with Crippen molar-refractivity contribution in [2.24, 2.45) is 0 Å². The van der Waals surface area contributed by atoms with Crippen molar-refractivity contribution >= 4 is 5.91 Å². The van der Waals surface area contributed by atoms with Gasteiger partial charge in [0.1, 0.15) is 6.10 Å². The molecule has 1 aromatic heterocycles. The molecule has 0 saturated heterocycles. The number of hydrogen-bond donors (Lipinski definition) is 2. The molecule has 128 valence electrons. The Kier molecular flexibility index (Phi) is 4.22. The van der Waals surface area contributed by atoms with Gasteiger partial charge < -0.3 is 10.0 Å². The number of halogens is 3. The highest BCUT2D eigenvalue weighted by molar-refractivity contribution is 5.81. The first-order valence-electron chi connectivity index (χ1n) is 7.23. The van der Waals surface area contributed by atoms with E-state index >= 15 is 0 Å². The van der Waals surface area contributed by atoms with Crippen molar-refractivity contribution in [2.75, 3.05) is 6.54 Å². The Hall–Kier alpha value is -2.49. The number of carbonyl (C=O) groups is 1. The summed E-state index contributed by atoms with van der Waals surface area (Å²) in [6, 6.07) is 5.46. The molecule has 1 atom stereocenters. The molecule has 3 rings (SSSR count). The fourth-order valence-electron chi connectivity index (χ4n) is 2.69. The highest BCUT2D eigenvalue weighted by Gasteiger charge is 2.36. The number of nitrogens with one attached hydrogen (secondary N) is 1. The molecule has 7 nitrogen and oxygen atoms in total. The molecule has 10 heteroatoms. The minimum Gasteiger partial charge on any atom is -0.383 e. The topological polar surface area (TPSA) is 95.0 Å². The van der Waals surface area contributed by atoms with Gasteiger partial charge in [0.25, 0.3) is 5.91 Å². The number of benzene rings is 1. The fraction of sp³-hybridized carbons (Fsp3) is 0.429. The SMILES string of the molecule is O=C(C(O)CC(F)(F)F)N1CCc2ccc(-c3nn[nH]n3)cc2C1. The number of fused-ring (bicyclic) bond motifs is 1. The van der Waals surface area contributed by atoms with Crippen molar-refractivity contribution in [1.29, 1.82) is 0 Å². The van der Waals surface area contributed by atoms with Crippen LogP contribution in [0, 0.1) is 0 Å². The normalized spacial score (nSPS) is 15.9. The summed E-state index contributed by atoms with van der Waals surface area (Å²) in [5.74, 6) is -0.527. The van der Waals surface area contributed by atoms with E-state index in [-0.39, 0.29) is 13.1 Å². The first-order valence-corrected chi connectivity index (χ1v) is 7.23. The van der Waals surface area contributed by atoms with Gasteiger partial charge in [-0.1, -0.05) is 12.1 Å². The summed E-state index contributed by atoms with van der Waals surface area (Å²) in [5.41, 5.74) is 2.47. The smallest absolute Gasteiger partial charge is 0.383 e. The Morgan fingerprint density at radius 1 is 1.38 bits per heavy atom. The maximum atomic E-state index is 12.3. The van der Waals surface area contributed by atoms with Crippen LogP contribution in [0.2, 0.25) is 0 Å². The molecule has 24 heavy (non-hydrogen) atoms. The van der Waals surface area contributed by atoms with Crippen molar-refractivity contribution in [2.45, 2.75) is 31.7 Å². The van der Waals surface area contributed by atoms with E-state index in [1.54, 1.807) is 6.07 Å². The van der Waals surface area contributed by atoms with Crippen LogP contribution < -0.4 is 0 Å². The summed E-state index contributed by atoms with van der Waals surface area (Å²) in [7, 11) is 0. The number of rotatable bonds is 3. The standard InChI is InChI=1S/C14H14F3N5O2/c15-14(16,17)6-11(23)13(24)22-4-3-8-1-2-9(5-10(8)7-22)12-18-20-21-19-12/h1-2,5,11,23H,3-4,6-7H2,(H,18,19,20,21). The Labute approximate surface area is 134 Å². The van der Waals surface area contributed by atoms with E-state index in [2.05, 4.69) is 20.6 Å². The monoisotopic (exact) mass is 341 g/mol. The second-order valence-electron chi connectivity index (χ2n) is 5.56. The van der Waals surface area contributed by atoms with Gasteiger partial charge in [-0.3, -0.25) is 4.79 Å². The molecule has 2 heterocycles. The minimum atomic E-state index is -4.59. The second kappa shape index (κ2) is 6.19. The maximum absolute atomic E-state index is 12.3. The molecular weight excluding hydrogens is 327 g/mol. The van der Waals surface area contributed by atoms with Crippen LogP contribution in [0.1, 0.15) is 17.5 Å². The van der Waals surface area contributed by atoms with E-state index < -0.39 is 24.6 Å². The zero-order valence-corrected chi connectivity index (χ0v) is 12.4. The van der Waals surface area contributed by atoms with Gasteiger partial charge in [0.05, 0.1) is 6.42 Å². The van der Waals surface area contributed by atoms with E-state index in [0.717, 1.165) is 11.1 Å². The molecule has 1 aliphatic rings. The number of hydrogen-bond acceptors (Lipinski definition) is 5. The Morgan fingerprint density at radius 2 is 2.17 bits per heavy atom. The number of amides is 1. The quantitative estimate of drug-likeness (QED) is 0.871. The van der Waals surface area contributed by atoms with E-state index in [9.17, 15) is 23.1 Å². The van der Waals surface area contributed by atoms with Gasteiger partial charge >= 0.3 is 6.18 Å². The number of nitrogens with zero attached hydrogens (tertiary/aromatic N) is 4. The lowest BCUT2D eigenvalue weighted by molar-refractivity contribution is -0.169. The molecule has 1 aliphatic heterocycles. The predicted octanol–water partition coefficient (Wildman–Crippen LogP) is 1.06. The van der Waals surface area contributed by atoms with Crippen LogP contribution in [0.15, 0.2) is 18.2 Å². The van der Waals surface area contributed by atoms with Gasteiger partial charge in [-0.25, -0.2) is 0 Å². The van der Waals surface area contributed by atoms with Crippen LogP contribution in [0.4, 0.5) is 13.2 Å². The average Bonchev–Trinajstić information content (AvgIpc) is 3.06. The largest absolute Gasteiger partial charge is 0.392 e. The molecular formula is C14H14F3N5O2. The summed E-state index contributed by atoms with van der Waals surface area (Å²) in [6.07, 6.45) is -7.70. The number of aliphatic hydroxyl groups excluding tert-OH is 1. The van der Waals surface area contributed by atoms with Gasteiger partial charge in [-0.2, -0.15) is 18.4 Å². The predicted molar refractivity (Wildman–Crippen MR) is 75.4 cm³/mol. The summed E-state index contributed by atoms with van der Waals surface area (Å²) in [5, 5.41) is 23.1. The van der Waals surface area contributed by atoms with Gasteiger partial charge in [0.2, 0.25) is 5.82 Å². The molecule has 0 saturated carbocycles. The van der Waals surface area contributed by atoms with Crippen LogP contribution in [-0.4, -0.2) is 55.4 Å². The third kappa shape index (κ3) is 3.53. The fourth-order valence-corrected chi connectivity index (χ4v) is 2.69. The van der Waals surface area contributed by atoms with Crippen molar-refractivity contribution < 1.29 is 23.1 Å². The van der Waals surface area contributed by atoms with Crippen LogP contribution in [-0.2, 0) is 17.8 Å². The number of aromatic amines is 1. The number of aromatic nitrogens is 4. The molecule has 0 spiro atoms. The lowest BCUT2D eigenvalue weighted by Crippen LogP contribution is -2.43. The zero-order valence-electron chi connectivity index (χ0n) is 12.4. The Balaban J connectivity index is 1.76. The van der Waals surface area contributed by atoms with E-state index in [0.29, 0.717) is 17.8 Å². The van der Waals surface area contributed by atoms with Crippen LogP contribution in [0.25, 0.3) is 11.4 Å². The van der Waals surface area contributed by atoms with Gasteiger partial charge in [-0.15, -0.1) is 10.2 Å². The number of H-pyrrole nitrogens is 1. The van der Waals surface area contributed by atoms with E-state index in [1.807, 2.05) is 12.1 Å². The van der Waals surface area contributed by atoms with Crippen molar-refractivity contribution in [3.05, 3.63) is 29.3 Å². The number of carbonyl (C=O) groups excluding carboxylic acids is 1. The highest BCUT2D eigenvalue weighted by Crippen LogP contribution is 2.26. The number of tetrazole rings is 1. The van der Waals surface area contributed by atoms with Gasteiger partial charge in [0, 0.05) is 18.7 Å². The van der Waals surface area contributed by atoms with Gasteiger partial charge in [-0.05, 0) is 28.8 Å². The van der Waals surface area contributed by atoms with Crippen molar-refractivity contribution in [3.8, 4) is 11.4 Å². The highest BCUT2D eigenvalue weighted by atomic mass is 19.4. The third-order valence-corrected chi connectivity index (χ3v) is 3.84. The van der Waals surface area contributed by atoms with Crippen molar-refractivity contribution in [3.63, 3.8) is 0 Å². The molecule has 0 aliphatic carbocycles. The van der Waals surface area contributed by atoms with E-state index in [4.69, 9.17) is 0 Å². The van der Waals surface area contributed by atoms with Crippen molar-refractivity contribution in [1.82, 2.24) is 25.5 Å². The second-order valence-corrected chi connectivity index (χ2v) is 5.56.